The molecule has 1 N–H and O–H groups in total. The number of hydrogen-bond donors (Lipinski definition) is 1. The Bertz CT molecular complexity index is 410. The van der Waals surface area contributed by atoms with Crippen LogP contribution in [0.25, 0.3) is 0 Å². The molecule has 0 aliphatic carbocycles. The number of benzene rings is 1. The molecule has 1 aromatic rings. The highest BCUT2D eigenvalue weighted by Crippen LogP contribution is 2.31. The zero-order valence-corrected chi connectivity index (χ0v) is 9.23. The van der Waals surface area contributed by atoms with E-state index >= 15 is 0 Å². The molecule has 0 bridgehead atoms. The summed E-state index contributed by atoms with van der Waals surface area (Å²) in [4.78, 5) is 10.5. The zero-order chi connectivity index (χ0) is 12.3. The van der Waals surface area contributed by atoms with Gasteiger partial charge < -0.3 is 9.84 Å². The maximum Gasteiger partial charge on any atom is 0.387 e. The van der Waals surface area contributed by atoms with Crippen molar-refractivity contribution in [2.75, 3.05) is 0 Å². The number of alkyl halides is 2. The van der Waals surface area contributed by atoms with Crippen molar-refractivity contribution in [3.63, 3.8) is 0 Å². The smallest absolute Gasteiger partial charge is 0.387 e. The van der Waals surface area contributed by atoms with E-state index in [4.69, 9.17) is 28.3 Å². The molecule has 88 valence electrons. The Labute approximate surface area is 99.5 Å². The van der Waals surface area contributed by atoms with Crippen LogP contribution in [0.3, 0.4) is 0 Å². The van der Waals surface area contributed by atoms with Gasteiger partial charge in [0.25, 0.3) is 0 Å². The lowest BCUT2D eigenvalue weighted by atomic mass is 10.1. The second kappa shape index (κ2) is 5.32. The fourth-order valence-corrected chi connectivity index (χ4v) is 1.42. The third-order valence-corrected chi connectivity index (χ3v) is 2.38. The highest BCUT2D eigenvalue weighted by molar-refractivity contribution is 6.42. The summed E-state index contributed by atoms with van der Waals surface area (Å²) in [5.74, 6) is -1.47. The van der Waals surface area contributed by atoms with Gasteiger partial charge in [-0.05, 0) is 6.07 Å². The predicted molar refractivity (Wildman–Crippen MR) is 54.4 cm³/mol. The molecule has 0 aromatic heterocycles. The maximum atomic E-state index is 12.0. The lowest BCUT2D eigenvalue weighted by Gasteiger charge is -2.10. The monoisotopic (exact) mass is 270 g/mol. The Hall–Kier alpha value is -1.07. The molecule has 0 heterocycles. The van der Waals surface area contributed by atoms with E-state index in [9.17, 15) is 13.6 Å². The normalized spacial score (nSPS) is 10.6. The molecule has 1 aromatic carbocycles. The minimum absolute atomic E-state index is 0.0199. The van der Waals surface area contributed by atoms with Crippen LogP contribution in [0.4, 0.5) is 8.78 Å². The van der Waals surface area contributed by atoms with Gasteiger partial charge in [-0.2, -0.15) is 8.78 Å². The molecule has 0 amide bonds. The first-order valence-corrected chi connectivity index (χ1v) is 4.80. The van der Waals surface area contributed by atoms with Crippen molar-refractivity contribution in [1.82, 2.24) is 0 Å². The summed E-state index contributed by atoms with van der Waals surface area (Å²) < 4.78 is 28.2. The van der Waals surface area contributed by atoms with Crippen molar-refractivity contribution in [2.45, 2.75) is 13.0 Å². The van der Waals surface area contributed by atoms with Crippen LogP contribution in [0.1, 0.15) is 5.56 Å². The summed E-state index contributed by atoms with van der Waals surface area (Å²) in [6.07, 6.45) is -0.473. The molecule has 16 heavy (non-hydrogen) atoms. The van der Waals surface area contributed by atoms with Crippen LogP contribution in [0, 0.1) is 0 Å². The van der Waals surface area contributed by atoms with E-state index in [1.165, 1.54) is 6.07 Å². The molecule has 3 nitrogen and oxygen atoms in total. The van der Waals surface area contributed by atoms with Crippen molar-refractivity contribution in [3.8, 4) is 5.75 Å². The van der Waals surface area contributed by atoms with E-state index in [0.29, 0.717) is 0 Å². The summed E-state index contributed by atoms with van der Waals surface area (Å²) >= 11 is 11.2. The number of halogens is 4. The molecule has 0 radical (unpaired) electrons. The van der Waals surface area contributed by atoms with Gasteiger partial charge in [0.2, 0.25) is 0 Å². The largest absolute Gasteiger partial charge is 0.481 e. The lowest BCUT2D eigenvalue weighted by molar-refractivity contribution is -0.136. The summed E-state index contributed by atoms with van der Waals surface area (Å²) in [6.45, 7) is -3.05. The average Bonchev–Trinajstić information content (AvgIpc) is 2.11. The van der Waals surface area contributed by atoms with Crippen molar-refractivity contribution < 1.29 is 23.4 Å². The van der Waals surface area contributed by atoms with Gasteiger partial charge in [0, 0.05) is 11.6 Å². The predicted octanol–water partition coefficient (Wildman–Crippen LogP) is 3.22. The lowest BCUT2D eigenvalue weighted by Crippen LogP contribution is -2.07. The van der Waals surface area contributed by atoms with Crippen molar-refractivity contribution in [2.24, 2.45) is 0 Å². The molecule has 7 heteroatoms. The molecule has 1 rings (SSSR count). The Balaban J connectivity index is 3.11. The van der Waals surface area contributed by atoms with Gasteiger partial charge in [-0.15, -0.1) is 0 Å². The molecule has 0 aliphatic rings. The first-order chi connectivity index (χ1) is 7.40. The van der Waals surface area contributed by atoms with Gasteiger partial charge >= 0.3 is 12.6 Å². The topological polar surface area (TPSA) is 46.5 Å². The van der Waals surface area contributed by atoms with Crippen molar-refractivity contribution in [1.29, 1.82) is 0 Å². The van der Waals surface area contributed by atoms with E-state index in [1.807, 2.05) is 0 Å². The number of carbonyl (C=O) groups is 1. The van der Waals surface area contributed by atoms with Gasteiger partial charge in [0.15, 0.2) is 0 Å². The Morgan fingerprint density at radius 2 is 1.94 bits per heavy atom. The van der Waals surface area contributed by atoms with Gasteiger partial charge in [0.05, 0.1) is 16.5 Å². The van der Waals surface area contributed by atoms with Gasteiger partial charge in [0.1, 0.15) is 5.75 Å². The fraction of sp³-hybridized carbons (Fsp3) is 0.222. The van der Waals surface area contributed by atoms with E-state index in [1.54, 1.807) is 0 Å². The van der Waals surface area contributed by atoms with E-state index in [2.05, 4.69) is 4.74 Å². The van der Waals surface area contributed by atoms with E-state index in [-0.39, 0.29) is 21.4 Å². The second-order valence-electron chi connectivity index (χ2n) is 2.82. The molecule has 0 saturated carbocycles. The van der Waals surface area contributed by atoms with Crippen LogP contribution in [0.15, 0.2) is 12.1 Å². The quantitative estimate of drug-likeness (QED) is 0.914. The van der Waals surface area contributed by atoms with Gasteiger partial charge in [-0.3, -0.25) is 4.79 Å². The van der Waals surface area contributed by atoms with Crippen LogP contribution >= 0.6 is 23.2 Å². The highest BCUT2D eigenvalue weighted by Gasteiger charge is 2.15. The zero-order valence-electron chi connectivity index (χ0n) is 7.71. The summed E-state index contributed by atoms with van der Waals surface area (Å²) in [7, 11) is 0. The molecule has 0 aliphatic heterocycles. The number of ether oxygens (including phenoxy) is 1. The fourth-order valence-electron chi connectivity index (χ4n) is 1.08. The standard InChI is InChI=1S/C9H6Cl2F2O3/c10-5-1-4(2-8(14)15)7(3-6(5)11)16-9(12)13/h1,3,9H,2H2,(H,14,15). The number of carboxylic acid groups (broad SMARTS) is 1. The summed E-state index contributed by atoms with van der Waals surface area (Å²) in [6, 6.07) is 2.25. The maximum absolute atomic E-state index is 12.0. The van der Waals surface area contributed by atoms with Crippen LogP contribution in [0.5, 0.6) is 5.75 Å². The van der Waals surface area contributed by atoms with Crippen LogP contribution in [-0.4, -0.2) is 17.7 Å². The van der Waals surface area contributed by atoms with Gasteiger partial charge in [-0.25, -0.2) is 0 Å². The van der Waals surface area contributed by atoms with Crippen LogP contribution in [0.2, 0.25) is 10.0 Å². The van der Waals surface area contributed by atoms with Gasteiger partial charge in [-0.1, -0.05) is 23.2 Å². The third kappa shape index (κ3) is 3.50. The highest BCUT2D eigenvalue weighted by atomic mass is 35.5. The van der Waals surface area contributed by atoms with Crippen LogP contribution < -0.4 is 4.74 Å². The third-order valence-electron chi connectivity index (χ3n) is 1.66. The molecule has 0 spiro atoms. The molecule has 0 unspecified atom stereocenters. The first-order valence-electron chi connectivity index (χ1n) is 4.04. The minimum Gasteiger partial charge on any atom is -0.481 e. The number of carboxylic acids is 1. The molecular formula is C9H6Cl2F2O3. The molecule has 0 saturated heterocycles. The Morgan fingerprint density at radius 3 is 2.44 bits per heavy atom. The number of rotatable bonds is 4. The first kappa shape index (κ1) is 13.0. The number of hydrogen-bond acceptors (Lipinski definition) is 2. The molecule has 0 atom stereocenters. The Kier molecular flexibility index (Phi) is 4.32. The summed E-state index contributed by atoms with van der Waals surface area (Å²) in [5, 5.41) is 8.67. The summed E-state index contributed by atoms with van der Waals surface area (Å²) in [5.41, 5.74) is 0.0437. The van der Waals surface area contributed by atoms with Crippen LogP contribution in [-0.2, 0) is 11.2 Å². The van der Waals surface area contributed by atoms with Crippen molar-refractivity contribution in [3.05, 3.63) is 27.7 Å². The van der Waals surface area contributed by atoms with Crippen molar-refractivity contribution >= 4 is 29.2 Å². The number of aliphatic carboxylic acids is 1. The molecule has 0 fully saturated rings. The SMILES string of the molecule is O=C(O)Cc1cc(Cl)c(Cl)cc1OC(F)F. The Morgan fingerprint density at radius 1 is 1.38 bits per heavy atom. The average molecular weight is 271 g/mol. The van der Waals surface area contributed by atoms with E-state index in [0.717, 1.165) is 6.07 Å². The van der Waals surface area contributed by atoms with E-state index < -0.39 is 19.0 Å². The molecular weight excluding hydrogens is 265 g/mol. The minimum atomic E-state index is -3.05. The second-order valence-corrected chi connectivity index (χ2v) is 3.64.